The van der Waals surface area contributed by atoms with Gasteiger partial charge in [-0.05, 0) is 64.7 Å². The van der Waals surface area contributed by atoms with E-state index in [4.69, 9.17) is 14.4 Å². The molecule has 0 aliphatic heterocycles. The van der Waals surface area contributed by atoms with Gasteiger partial charge in [-0.25, -0.2) is 9.97 Å². The van der Waals surface area contributed by atoms with Gasteiger partial charge in [0.1, 0.15) is 11.2 Å². The normalized spacial score (nSPS) is 13.5. The number of para-hydroxylation sites is 3. The Morgan fingerprint density at radius 3 is 2.08 bits per heavy atom. The zero-order valence-electron chi connectivity index (χ0n) is 28.2. The van der Waals surface area contributed by atoms with Crippen molar-refractivity contribution in [1.29, 1.82) is 0 Å². The van der Waals surface area contributed by atoms with Crippen LogP contribution in [0, 0.1) is 0 Å². The van der Waals surface area contributed by atoms with Gasteiger partial charge in [0.05, 0.1) is 33.2 Å². The van der Waals surface area contributed by atoms with Gasteiger partial charge < -0.3 is 8.98 Å². The van der Waals surface area contributed by atoms with Crippen LogP contribution in [0.4, 0.5) is 0 Å². The number of nitrogens with zero attached hydrogens (tertiary/aromatic N) is 3. The van der Waals surface area contributed by atoms with Crippen LogP contribution in [0.1, 0.15) is 25.0 Å². The Morgan fingerprint density at radius 2 is 1.22 bits per heavy atom. The number of aromatic nitrogens is 3. The van der Waals surface area contributed by atoms with Crippen LogP contribution < -0.4 is 0 Å². The van der Waals surface area contributed by atoms with Crippen molar-refractivity contribution in [3.8, 4) is 39.5 Å². The summed E-state index contributed by atoms with van der Waals surface area (Å²) in [7, 11) is 0. The van der Waals surface area contributed by atoms with Gasteiger partial charge in [-0.3, -0.25) is 0 Å². The lowest BCUT2D eigenvalue weighted by molar-refractivity contribution is 0.661. The second-order valence-corrected chi connectivity index (χ2v) is 14.1. The molecule has 0 fully saturated rings. The van der Waals surface area contributed by atoms with Crippen molar-refractivity contribution in [2.75, 3.05) is 0 Å². The van der Waals surface area contributed by atoms with Crippen molar-refractivity contribution in [2.45, 2.75) is 19.3 Å². The smallest absolute Gasteiger partial charge is 0.164 e. The summed E-state index contributed by atoms with van der Waals surface area (Å²) in [5.74, 6) is 0.652. The van der Waals surface area contributed by atoms with E-state index in [-0.39, 0.29) is 5.41 Å². The van der Waals surface area contributed by atoms with Gasteiger partial charge in [0, 0.05) is 38.2 Å². The van der Waals surface area contributed by atoms with Crippen molar-refractivity contribution in [1.82, 2.24) is 14.5 Å². The van der Waals surface area contributed by atoms with Crippen LogP contribution in [0.25, 0.3) is 94.1 Å². The molecule has 4 heteroatoms. The Labute approximate surface area is 294 Å². The highest BCUT2D eigenvalue weighted by Crippen LogP contribution is 2.52. The van der Waals surface area contributed by atoms with Crippen LogP contribution in [0.3, 0.4) is 0 Å². The average Bonchev–Trinajstić information content (AvgIpc) is 3.80. The summed E-state index contributed by atoms with van der Waals surface area (Å²) in [6.07, 6.45) is 0. The highest BCUT2D eigenvalue weighted by Gasteiger charge is 2.37. The van der Waals surface area contributed by atoms with Crippen molar-refractivity contribution < 1.29 is 4.42 Å². The Hall–Kier alpha value is -6.52. The minimum Gasteiger partial charge on any atom is -0.455 e. The van der Waals surface area contributed by atoms with Gasteiger partial charge in [0.15, 0.2) is 5.82 Å². The lowest BCUT2D eigenvalue weighted by atomic mass is 9.82. The van der Waals surface area contributed by atoms with E-state index in [1.807, 2.05) is 0 Å². The molecule has 0 N–H and O–H groups in total. The molecule has 11 rings (SSSR count). The minimum absolute atomic E-state index is 0.123. The number of rotatable bonds is 3. The van der Waals surface area contributed by atoms with Gasteiger partial charge in [-0.15, -0.1) is 0 Å². The predicted molar refractivity (Wildman–Crippen MR) is 210 cm³/mol. The minimum atomic E-state index is -0.123. The first kappa shape index (κ1) is 28.3. The molecule has 7 aromatic carbocycles. The number of hydrogen-bond donors (Lipinski definition) is 0. The average molecular weight is 654 g/mol. The third kappa shape index (κ3) is 3.85. The van der Waals surface area contributed by atoms with E-state index in [0.717, 1.165) is 77.2 Å². The van der Waals surface area contributed by atoms with Gasteiger partial charge in [0.2, 0.25) is 0 Å². The van der Waals surface area contributed by atoms with Crippen LogP contribution >= 0.6 is 0 Å². The molecule has 3 heterocycles. The third-order valence-electron chi connectivity index (χ3n) is 11.0. The monoisotopic (exact) mass is 653 g/mol. The van der Waals surface area contributed by atoms with Crippen molar-refractivity contribution >= 4 is 54.6 Å². The summed E-state index contributed by atoms with van der Waals surface area (Å²) in [6.45, 7) is 4.63. The first-order valence-corrected chi connectivity index (χ1v) is 17.5. The molecule has 0 atom stereocenters. The van der Waals surface area contributed by atoms with Crippen LogP contribution in [0.2, 0.25) is 0 Å². The molecule has 0 saturated heterocycles. The van der Waals surface area contributed by atoms with E-state index < -0.39 is 0 Å². The highest BCUT2D eigenvalue weighted by atomic mass is 16.3. The molecule has 3 aromatic heterocycles. The molecule has 1 aliphatic rings. The van der Waals surface area contributed by atoms with Crippen molar-refractivity contribution in [3.63, 3.8) is 0 Å². The van der Waals surface area contributed by atoms with Gasteiger partial charge in [-0.2, -0.15) is 0 Å². The van der Waals surface area contributed by atoms with E-state index in [0.29, 0.717) is 5.82 Å². The lowest BCUT2D eigenvalue weighted by Gasteiger charge is -2.21. The summed E-state index contributed by atoms with van der Waals surface area (Å²) in [5.41, 5.74) is 13.9. The predicted octanol–water partition coefficient (Wildman–Crippen LogP) is 12.3. The number of hydrogen-bond acceptors (Lipinski definition) is 3. The Kier molecular flexibility index (Phi) is 5.70. The Bertz CT molecular complexity index is 3040. The molecule has 51 heavy (non-hydrogen) atoms. The number of benzene rings is 7. The fourth-order valence-corrected chi connectivity index (χ4v) is 8.68. The molecule has 0 amide bonds. The quantitative estimate of drug-likeness (QED) is 0.191. The Balaban J connectivity index is 1.21. The van der Waals surface area contributed by atoms with E-state index in [1.54, 1.807) is 0 Å². The maximum Gasteiger partial charge on any atom is 0.164 e. The second kappa shape index (κ2) is 10.3. The molecular formula is C47H31N3O. The Morgan fingerprint density at radius 1 is 0.510 bits per heavy atom. The van der Waals surface area contributed by atoms with Crippen LogP contribution in [-0.4, -0.2) is 14.5 Å². The number of fused-ring (bicyclic) bond motifs is 12. The van der Waals surface area contributed by atoms with Crippen LogP contribution in [-0.2, 0) is 5.41 Å². The van der Waals surface area contributed by atoms with Gasteiger partial charge >= 0.3 is 0 Å². The first-order chi connectivity index (χ1) is 25.1. The largest absolute Gasteiger partial charge is 0.455 e. The molecule has 1 aliphatic carbocycles. The summed E-state index contributed by atoms with van der Waals surface area (Å²) in [5, 5.41) is 5.49. The zero-order valence-corrected chi connectivity index (χ0v) is 28.2. The van der Waals surface area contributed by atoms with E-state index in [1.165, 1.54) is 22.3 Å². The summed E-state index contributed by atoms with van der Waals surface area (Å²) in [6, 6.07) is 53.7. The van der Waals surface area contributed by atoms with E-state index in [2.05, 4.69) is 170 Å². The van der Waals surface area contributed by atoms with E-state index >= 15 is 0 Å². The first-order valence-electron chi connectivity index (χ1n) is 17.5. The van der Waals surface area contributed by atoms with Crippen molar-refractivity contribution in [2.24, 2.45) is 0 Å². The third-order valence-corrected chi connectivity index (χ3v) is 11.0. The second-order valence-electron chi connectivity index (χ2n) is 14.1. The molecular weight excluding hydrogens is 623 g/mol. The highest BCUT2D eigenvalue weighted by molar-refractivity contribution is 6.24. The summed E-state index contributed by atoms with van der Waals surface area (Å²) < 4.78 is 9.35. The lowest BCUT2D eigenvalue weighted by Crippen LogP contribution is -2.14. The molecule has 4 nitrogen and oxygen atoms in total. The maximum absolute atomic E-state index is 7.02. The molecule has 0 spiro atoms. The number of furan rings is 1. The maximum atomic E-state index is 7.02. The molecule has 0 saturated carbocycles. The standard InChI is InChI=1S/C47H31N3O/c1-47(2)35-22-11-9-18-32(35)40-36(47)25-26-37-42(40)43(28-14-5-3-6-15-28)49-46(48-37)34-21-13-20-30-31-24-27-39-41(45(31)51-44(30)34)33-19-10-12-23-38(33)50(39)29-16-7-4-8-17-29/h3-27H,1-2H3. The zero-order chi connectivity index (χ0) is 33.8. The van der Waals surface area contributed by atoms with Crippen LogP contribution in [0.15, 0.2) is 156 Å². The van der Waals surface area contributed by atoms with Crippen LogP contribution in [0.5, 0.6) is 0 Å². The molecule has 240 valence electrons. The fraction of sp³-hybridized carbons (Fsp3) is 0.0638. The van der Waals surface area contributed by atoms with Crippen molar-refractivity contribution in [3.05, 3.63) is 163 Å². The SMILES string of the molecule is CC1(C)c2ccccc2-c2c1ccc1nc(-c3cccc4c3oc3c4ccc4c3c3ccccc3n4-c3ccccc3)nc(-c3ccccc3)c21. The van der Waals surface area contributed by atoms with Gasteiger partial charge in [0.25, 0.3) is 0 Å². The topological polar surface area (TPSA) is 43.9 Å². The van der Waals surface area contributed by atoms with Gasteiger partial charge in [-0.1, -0.05) is 123 Å². The molecule has 0 bridgehead atoms. The summed E-state index contributed by atoms with van der Waals surface area (Å²) in [4.78, 5) is 10.8. The molecule has 0 radical (unpaired) electrons. The molecule has 10 aromatic rings. The summed E-state index contributed by atoms with van der Waals surface area (Å²) >= 11 is 0. The fourth-order valence-electron chi connectivity index (χ4n) is 8.68. The molecule has 0 unspecified atom stereocenters. The van der Waals surface area contributed by atoms with E-state index in [9.17, 15) is 0 Å².